The van der Waals surface area contributed by atoms with Gasteiger partial charge in [-0.05, 0) is 5.39 Å². The summed E-state index contributed by atoms with van der Waals surface area (Å²) >= 11 is 6.02. The van der Waals surface area contributed by atoms with Gasteiger partial charge in [0.1, 0.15) is 5.15 Å². The summed E-state index contributed by atoms with van der Waals surface area (Å²) < 4.78 is 0. The number of rotatable bonds is 3. The molecule has 0 unspecified atom stereocenters. The third-order valence-corrected chi connectivity index (χ3v) is 3.18. The number of nitriles is 1. The van der Waals surface area contributed by atoms with E-state index in [1.807, 2.05) is 30.3 Å². The number of carbonyl (C=O) groups excluding carboxylic acids is 1. The maximum atomic E-state index is 12.3. The summed E-state index contributed by atoms with van der Waals surface area (Å²) in [7, 11) is 1.67. The molecule has 5 heteroatoms. The van der Waals surface area contributed by atoms with Crippen molar-refractivity contribution in [2.45, 2.75) is 6.42 Å². The molecular weight excluding hydrogens is 262 g/mol. The number of halogens is 1. The van der Waals surface area contributed by atoms with Crippen LogP contribution in [0.4, 0.5) is 0 Å². The molecule has 0 aliphatic rings. The lowest BCUT2D eigenvalue weighted by Gasteiger charge is -2.16. The van der Waals surface area contributed by atoms with Gasteiger partial charge in [-0.15, -0.1) is 0 Å². The Bertz CT molecular complexity index is 663. The smallest absolute Gasteiger partial charge is 0.255 e. The summed E-state index contributed by atoms with van der Waals surface area (Å²) in [6.45, 7) is 0.395. The Kier molecular flexibility index (Phi) is 3.98. The van der Waals surface area contributed by atoms with E-state index in [0.717, 1.165) is 10.8 Å². The number of benzene rings is 1. The summed E-state index contributed by atoms with van der Waals surface area (Å²) in [4.78, 5) is 17.9. The van der Waals surface area contributed by atoms with Gasteiger partial charge in [0.2, 0.25) is 0 Å². The monoisotopic (exact) mass is 273 g/mol. The minimum atomic E-state index is -0.157. The van der Waals surface area contributed by atoms with Gasteiger partial charge in [-0.2, -0.15) is 5.26 Å². The molecule has 4 nitrogen and oxygen atoms in total. The number of fused-ring (bicyclic) bond motifs is 1. The molecule has 1 aromatic heterocycles. The highest BCUT2D eigenvalue weighted by Gasteiger charge is 2.16. The Hall–Kier alpha value is -2.12. The summed E-state index contributed by atoms with van der Waals surface area (Å²) in [5.74, 6) is -0.157. The Labute approximate surface area is 116 Å². The van der Waals surface area contributed by atoms with Gasteiger partial charge < -0.3 is 4.90 Å². The molecular formula is C14H12ClN3O. The van der Waals surface area contributed by atoms with Crippen molar-refractivity contribution in [3.63, 3.8) is 0 Å². The number of carbonyl (C=O) groups is 1. The van der Waals surface area contributed by atoms with Crippen LogP contribution in [0.5, 0.6) is 0 Å². The molecule has 0 aliphatic heterocycles. The minimum Gasteiger partial charge on any atom is -0.341 e. The molecule has 1 amide bonds. The Morgan fingerprint density at radius 3 is 2.79 bits per heavy atom. The van der Waals surface area contributed by atoms with Gasteiger partial charge >= 0.3 is 0 Å². The first-order chi connectivity index (χ1) is 9.15. The average Bonchev–Trinajstić information content (AvgIpc) is 2.45. The van der Waals surface area contributed by atoms with E-state index in [4.69, 9.17) is 16.9 Å². The molecule has 0 saturated heterocycles. The molecule has 0 radical (unpaired) electrons. The molecule has 0 N–H and O–H groups in total. The number of hydrogen-bond donors (Lipinski definition) is 0. The summed E-state index contributed by atoms with van der Waals surface area (Å²) in [6, 6.07) is 9.39. The van der Waals surface area contributed by atoms with Crippen LogP contribution in [0.3, 0.4) is 0 Å². The number of amides is 1. The predicted molar refractivity (Wildman–Crippen MR) is 73.9 cm³/mol. The van der Waals surface area contributed by atoms with Gasteiger partial charge in [-0.1, -0.05) is 35.9 Å². The van der Waals surface area contributed by atoms with Gasteiger partial charge in [-0.3, -0.25) is 4.79 Å². The molecule has 0 bridgehead atoms. The Balaban J connectivity index is 2.43. The van der Waals surface area contributed by atoms with Crippen molar-refractivity contribution in [2.24, 2.45) is 0 Å². The lowest BCUT2D eigenvalue weighted by Crippen LogP contribution is -2.27. The van der Waals surface area contributed by atoms with E-state index in [0.29, 0.717) is 23.7 Å². The second-order valence-electron chi connectivity index (χ2n) is 4.14. The first kappa shape index (κ1) is 13.3. The highest BCUT2D eigenvalue weighted by molar-refractivity contribution is 6.34. The highest BCUT2D eigenvalue weighted by Crippen LogP contribution is 2.24. The molecule has 0 spiro atoms. The molecule has 2 rings (SSSR count). The van der Waals surface area contributed by atoms with Crippen molar-refractivity contribution in [3.05, 3.63) is 41.2 Å². The number of nitrogens with zero attached hydrogens (tertiary/aromatic N) is 3. The van der Waals surface area contributed by atoms with Crippen molar-refractivity contribution in [1.82, 2.24) is 9.88 Å². The fourth-order valence-corrected chi connectivity index (χ4v) is 2.07. The lowest BCUT2D eigenvalue weighted by molar-refractivity contribution is 0.0799. The standard InChI is InChI=1S/C14H12ClN3O/c1-18(8-4-7-16)14(19)12-9-17-13(15)11-6-3-2-5-10(11)12/h2-3,5-6,9H,4,8H2,1H3. The van der Waals surface area contributed by atoms with E-state index in [-0.39, 0.29) is 5.91 Å². The van der Waals surface area contributed by atoms with E-state index in [9.17, 15) is 4.79 Å². The summed E-state index contributed by atoms with van der Waals surface area (Å²) in [5, 5.41) is 10.5. The van der Waals surface area contributed by atoms with Crippen LogP contribution in [0, 0.1) is 11.3 Å². The maximum absolute atomic E-state index is 12.3. The van der Waals surface area contributed by atoms with Gasteiger partial charge in [0.15, 0.2) is 0 Å². The topological polar surface area (TPSA) is 57.0 Å². The average molecular weight is 274 g/mol. The molecule has 0 saturated carbocycles. The second kappa shape index (κ2) is 5.68. The van der Waals surface area contributed by atoms with Crippen molar-refractivity contribution in [2.75, 3.05) is 13.6 Å². The van der Waals surface area contributed by atoms with Crippen LogP contribution in [0.15, 0.2) is 30.5 Å². The fourth-order valence-electron chi connectivity index (χ4n) is 1.85. The first-order valence-electron chi connectivity index (χ1n) is 5.81. The molecule has 1 heterocycles. The molecule has 2 aromatic rings. The molecule has 0 aliphatic carbocycles. The zero-order chi connectivity index (χ0) is 13.8. The van der Waals surface area contributed by atoms with Crippen molar-refractivity contribution in [3.8, 4) is 6.07 Å². The quantitative estimate of drug-likeness (QED) is 0.808. The third kappa shape index (κ3) is 2.67. The van der Waals surface area contributed by atoms with Crippen LogP contribution < -0.4 is 0 Å². The zero-order valence-corrected chi connectivity index (χ0v) is 11.2. The molecule has 0 atom stereocenters. The summed E-state index contributed by atoms with van der Waals surface area (Å²) in [5.41, 5.74) is 0.500. The fraction of sp³-hybridized carbons (Fsp3) is 0.214. The van der Waals surface area contributed by atoms with Crippen LogP contribution in [0.25, 0.3) is 10.8 Å². The molecule has 19 heavy (non-hydrogen) atoms. The summed E-state index contributed by atoms with van der Waals surface area (Å²) in [6.07, 6.45) is 1.79. The number of pyridine rings is 1. The Morgan fingerprint density at radius 2 is 2.11 bits per heavy atom. The van der Waals surface area contributed by atoms with E-state index in [2.05, 4.69) is 4.98 Å². The van der Waals surface area contributed by atoms with Crippen LogP contribution in [-0.4, -0.2) is 29.4 Å². The highest BCUT2D eigenvalue weighted by atomic mass is 35.5. The van der Waals surface area contributed by atoms with Gasteiger partial charge in [0.25, 0.3) is 5.91 Å². The predicted octanol–water partition coefficient (Wildman–Crippen LogP) is 2.87. The second-order valence-corrected chi connectivity index (χ2v) is 4.50. The molecule has 1 aromatic carbocycles. The third-order valence-electron chi connectivity index (χ3n) is 2.88. The molecule has 0 fully saturated rings. The zero-order valence-electron chi connectivity index (χ0n) is 10.4. The Morgan fingerprint density at radius 1 is 1.42 bits per heavy atom. The number of aromatic nitrogens is 1. The van der Waals surface area contributed by atoms with E-state index >= 15 is 0 Å². The van der Waals surface area contributed by atoms with Crippen molar-refractivity contribution in [1.29, 1.82) is 5.26 Å². The largest absolute Gasteiger partial charge is 0.341 e. The van der Waals surface area contributed by atoms with E-state index in [1.165, 1.54) is 11.1 Å². The van der Waals surface area contributed by atoms with Crippen LogP contribution >= 0.6 is 11.6 Å². The van der Waals surface area contributed by atoms with Crippen molar-refractivity contribution < 1.29 is 4.79 Å². The lowest BCUT2D eigenvalue weighted by atomic mass is 10.1. The van der Waals surface area contributed by atoms with E-state index < -0.39 is 0 Å². The number of hydrogen-bond acceptors (Lipinski definition) is 3. The van der Waals surface area contributed by atoms with Gasteiger partial charge in [0, 0.05) is 25.2 Å². The van der Waals surface area contributed by atoms with Crippen LogP contribution in [0.2, 0.25) is 5.15 Å². The van der Waals surface area contributed by atoms with Gasteiger partial charge in [-0.25, -0.2) is 4.98 Å². The maximum Gasteiger partial charge on any atom is 0.255 e. The molecule has 96 valence electrons. The van der Waals surface area contributed by atoms with Crippen molar-refractivity contribution >= 4 is 28.3 Å². The van der Waals surface area contributed by atoms with Gasteiger partial charge in [0.05, 0.1) is 18.1 Å². The van der Waals surface area contributed by atoms with E-state index in [1.54, 1.807) is 7.05 Å². The van der Waals surface area contributed by atoms with Crippen LogP contribution in [-0.2, 0) is 0 Å². The first-order valence-corrected chi connectivity index (χ1v) is 6.18. The minimum absolute atomic E-state index is 0.157. The SMILES string of the molecule is CN(CCC#N)C(=O)c1cnc(Cl)c2ccccc12. The van der Waals surface area contributed by atoms with Crippen LogP contribution in [0.1, 0.15) is 16.8 Å². The normalized spacial score (nSPS) is 10.2.